The van der Waals surface area contributed by atoms with E-state index in [0.29, 0.717) is 35.1 Å². The third-order valence-electron chi connectivity index (χ3n) is 5.92. The van der Waals surface area contributed by atoms with Crippen LogP contribution in [0.2, 0.25) is 0 Å². The smallest absolute Gasteiger partial charge is 0.267 e. The maximum Gasteiger partial charge on any atom is 0.267 e. The molecule has 0 atom stereocenters. The highest BCUT2D eigenvalue weighted by Gasteiger charge is 2.19. The predicted molar refractivity (Wildman–Crippen MR) is 129 cm³/mol. The lowest BCUT2D eigenvalue weighted by Crippen LogP contribution is -2.19. The molecule has 0 saturated heterocycles. The van der Waals surface area contributed by atoms with Gasteiger partial charge in [-0.25, -0.2) is 18.4 Å². The molecule has 5 aromatic rings. The van der Waals surface area contributed by atoms with Gasteiger partial charge >= 0.3 is 0 Å². The van der Waals surface area contributed by atoms with E-state index in [-0.39, 0.29) is 16.8 Å². The number of pyridine rings is 1. The lowest BCUT2D eigenvalue weighted by Gasteiger charge is -2.12. The Kier molecular flexibility index (Phi) is 5.64. The summed E-state index contributed by atoms with van der Waals surface area (Å²) >= 11 is 0. The molecule has 3 aromatic heterocycles. The standard InChI is InChI=1S/C27H22F2N4O2/c1-16-7-4-5-8-19(16)15-35-24-9-6-12-32-26(24)30-18(3)25(27(32)34)22-13-17(2)33(31-22)23-14-20(28)10-11-21(23)29/h4-14H,15H2,1-3H3. The first-order chi connectivity index (χ1) is 16.8. The molecule has 0 bridgehead atoms. The average molecular weight is 472 g/mol. The van der Waals surface area contributed by atoms with Gasteiger partial charge in [0.05, 0.1) is 11.3 Å². The summed E-state index contributed by atoms with van der Waals surface area (Å²) in [4.78, 5) is 18.1. The fourth-order valence-electron chi connectivity index (χ4n) is 4.07. The Morgan fingerprint density at radius 3 is 2.57 bits per heavy atom. The van der Waals surface area contributed by atoms with Gasteiger partial charge in [-0.15, -0.1) is 0 Å². The molecule has 0 aliphatic heterocycles. The second kappa shape index (κ2) is 8.79. The van der Waals surface area contributed by atoms with Crippen molar-refractivity contribution < 1.29 is 13.5 Å². The van der Waals surface area contributed by atoms with Crippen LogP contribution in [0.3, 0.4) is 0 Å². The molecule has 0 N–H and O–H groups in total. The Bertz CT molecular complexity index is 1640. The average Bonchev–Trinajstić information content (AvgIpc) is 3.21. The fourth-order valence-corrected chi connectivity index (χ4v) is 4.07. The number of hydrogen-bond donors (Lipinski definition) is 0. The highest BCUT2D eigenvalue weighted by atomic mass is 19.1. The lowest BCUT2D eigenvalue weighted by atomic mass is 10.1. The molecule has 35 heavy (non-hydrogen) atoms. The number of hydrogen-bond acceptors (Lipinski definition) is 4. The van der Waals surface area contributed by atoms with Crippen molar-refractivity contribution in [1.29, 1.82) is 0 Å². The van der Waals surface area contributed by atoms with E-state index in [1.807, 2.05) is 31.2 Å². The minimum absolute atomic E-state index is 0.0351. The molecule has 8 heteroatoms. The summed E-state index contributed by atoms with van der Waals surface area (Å²) in [6.45, 7) is 5.77. The van der Waals surface area contributed by atoms with Crippen LogP contribution in [-0.2, 0) is 6.61 Å². The first kappa shape index (κ1) is 22.5. The van der Waals surface area contributed by atoms with Gasteiger partial charge in [0.25, 0.3) is 5.56 Å². The molecule has 3 heterocycles. The quantitative estimate of drug-likeness (QED) is 0.347. The Hall–Kier alpha value is -4.33. The number of rotatable bonds is 5. The van der Waals surface area contributed by atoms with E-state index in [0.717, 1.165) is 29.3 Å². The maximum absolute atomic E-state index is 14.4. The molecule has 176 valence electrons. The fraction of sp³-hybridized carbons (Fsp3) is 0.148. The molecule has 0 unspecified atom stereocenters. The van der Waals surface area contributed by atoms with Crippen molar-refractivity contribution in [3.8, 4) is 22.7 Å². The van der Waals surface area contributed by atoms with Crippen LogP contribution in [0.25, 0.3) is 22.6 Å². The van der Waals surface area contributed by atoms with E-state index in [1.54, 1.807) is 38.2 Å². The monoisotopic (exact) mass is 472 g/mol. The summed E-state index contributed by atoms with van der Waals surface area (Å²) in [7, 11) is 0. The number of fused-ring (bicyclic) bond motifs is 1. The normalized spacial score (nSPS) is 11.2. The molecule has 0 amide bonds. The lowest BCUT2D eigenvalue weighted by molar-refractivity contribution is 0.307. The topological polar surface area (TPSA) is 61.4 Å². The summed E-state index contributed by atoms with van der Waals surface area (Å²) in [5, 5.41) is 4.41. The van der Waals surface area contributed by atoms with Crippen LogP contribution in [0.5, 0.6) is 5.75 Å². The molecule has 5 rings (SSSR count). The molecule has 6 nitrogen and oxygen atoms in total. The molecule has 0 aliphatic rings. The van der Waals surface area contributed by atoms with Gasteiger partial charge in [0, 0.05) is 18.0 Å². The van der Waals surface area contributed by atoms with Crippen molar-refractivity contribution in [3.05, 3.63) is 111 Å². The van der Waals surface area contributed by atoms with E-state index in [2.05, 4.69) is 10.1 Å². The van der Waals surface area contributed by atoms with Gasteiger partial charge in [-0.1, -0.05) is 24.3 Å². The van der Waals surface area contributed by atoms with Gasteiger partial charge in [-0.3, -0.25) is 9.20 Å². The Labute approximate surface area is 200 Å². The minimum atomic E-state index is -0.621. The van der Waals surface area contributed by atoms with E-state index >= 15 is 0 Å². The Morgan fingerprint density at radius 2 is 1.77 bits per heavy atom. The summed E-state index contributed by atoms with van der Waals surface area (Å²) in [5.41, 5.74) is 3.76. The number of aromatic nitrogens is 4. The molecule has 0 radical (unpaired) electrons. The molecule has 0 saturated carbocycles. The largest absolute Gasteiger partial charge is 0.485 e. The predicted octanol–water partition coefficient (Wildman–Crippen LogP) is 5.33. The summed E-state index contributed by atoms with van der Waals surface area (Å²) in [6, 6.07) is 16.2. The maximum atomic E-state index is 14.4. The van der Waals surface area contributed by atoms with Gasteiger partial charge in [0.1, 0.15) is 29.6 Å². The van der Waals surface area contributed by atoms with Crippen LogP contribution in [0.15, 0.2) is 71.7 Å². The van der Waals surface area contributed by atoms with Crippen LogP contribution >= 0.6 is 0 Å². The second-order valence-electron chi connectivity index (χ2n) is 8.34. The SMILES string of the molecule is Cc1ccccc1COc1cccn2c(=O)c(-c3cc(C)n(-c4cc(F)ccc4F)n3)c(C)nc12. The van der Waals surface area contributed by atoms with Crippen LogP contribution in [-0.4, -0.2) is 19.2 Å². The highest BCUT2D eigenvalue weighted by molar-refractivity contribution is 5.65. The second-order valence-corrected chi connectivity index (χ2v) is 8.34. The van der Waals surface area contributed by atoms with Gasteiger partial charge in [0.15, 0.2) is 11.4 Å². The van der Waals surface area contributed by atoms with Gasteiger partial charge in [-0.2, -0.15) is 5.10 Å². The summed E-state index contributed by atoms with van der Waals surface area (Å²) < 4.78 is 36.8. The van der Waals surface area contributed by atoms with Gasteiger partial charge < -0.3 is 4.74 Å². The van der Waals surface area contributed by atoms with Crippen molar-refractivity contribution in [2.45, 2.75) is 27.4 Å². The minimum Gasteiger partial charge on any atom is -0.485 e. The van der Waals surface area contributed by atoms with Gasteiger partial charge in [-0.05, 0) is 62.2 Å². The van der Waals surface area contributed by atoms with E-state index in [1.165, 1.54) is 9.08 Å². The summed E-state index contributed by atoms with van der Waals surface area (Å²) in [6.07, 6.45) is 1.62. The summed E-state index contributed by atoms with van der Waals surface area (Å²) in [5.74, 6) is -0.726. The molecular weight excluding hydrogens is 450 g/mol. The molecule has 0 spiro atoms. The van der Waals surface area contributed by atoms with E-state index < -0.39 is 11.6 Å². The van der Waals surface area contributed by atoms with Crippen molar-refractivity contribution in [1.82, 2.24) is 19.2 Å². The number of halogens is 2. The van der Waals surface area contributed by atoms with Crippen LogP contribution < -0.4 is 10.3 Å². The van der Waals surface area contributed by atoms with Crippen molar-refractivity contribution in [2.75, 3.05) is 0 Å². The van der Waals surface area contributed by atoms with Crippen LogP contribution in [0, 0.1) is 32.4 Å². The van der Waals surface area contributed by atoms with Gasteiger partial charge in [0.2, 0.25) is 0 Å². The van der Waals surface area contributed by atoms with E-state index in [9.17, 15) is 13.6 Å². The zero-order chi connectivity index (χ0) is 24.7. The molecule has 2 aromatic carbocycles. The first-order valence-electron chi connectivity index (χ1n) is 11.0. The number of aryl methyl sites for hydroxylation is 3. The first-order valence-corrected chi connectivity index (χ1v) is 11.0. The van der Waals surface area contributed by atoms with Crippen LogP contribution in [0.1, 0.15) is 22.5 Å². The number of benzene rings is 2. The van der Waals surface area contributed by atoms with Crippen molar-refractivity contribution >= 4 is 5.65 Å². The zero-order valence-corrected chi connectivity index (χ0v) is 19.4. The van der Waals surface area contributed by atoms with Crippen molar-refractivity contribution in [3.63, 3.8) is 0 Å². The zero-order valence-electron chi connectivity index (χ0n) is 19.4. The third kappa shape index (κ3) is 4.07. The molecule has 0 fully saturated rings. The molecular formula is C27H22F2N4O2. The number of nitrogens with zero attached hydrogens (tertiary/aromatic N) is 4. The number of ether oxygens (including phenoxy) is 1. The van der Waals surface area contributed by atoms with Crippen LogP contribution in [0.4, 0.5) is 8.78 Å². The Balaban J connectivity index is 1.57. The highest BCUT2D eigenvalue weighted by Crippen LogP contribution is 2.25. The third-order valence-corrected chi connectivity index (χ3v) is 5.92. The van der Waals surface area contributed by atoms with E-state index in [4.69, 9.17) is 4.74 Å². The van der Waals surface area contributed by atoms with Crippen molar-refractivity contribution in [2.24, 2.45) is 0 Å². The Morgan fingerprint density at radius 1 is 0.971 bits per heavy atom. The molecule has 0 aliphatic carbocycles.